The minimum atomic E-state index is -0.443. The number of hydrogen-bond donors (Lipinski definition) is 2. The average molecular weight is 254 g/mol. The summed E-state index contributed by atoms with van der Waals surface area (Å²) in [7, 11) is 0. The van der Waals surface area contributed by atoms with Gasteiger partial charge in [0.1, 0.15) is 0 Å². The highest BCUT2D eigenvalue weighted by Crippen LogP contribution is 2.27. The van der Waals surface area contributed by atoms with Gasteiger partial charge in [0, 0.05) is 18.0 Å². The molecular weight excluding hydrogens is 232 g/mol. The van der Waals surface area contributed by atoms with Crippen LogP contribution >= 0.6 is 11.3 Å². The fourth-order valence-electron chi connectivity index (χ4n) is 2.48. The van der Waals surface area contributed by atoms with Gasteiger partial charge < -0.3 is 10.4 Å². The molecule has 0 aliphatic heterocycles. The summed E-state index contributed by atoms with van der Waals surface area (Å²) < 4.78 is 0. The summed E-state index contributed by atoms with van der Waals surface area (Å²) in [5.74, 6) is 0. The summed E-state index contributed by atoms with van der Waals surface area (Å²) in [5, 5.41) is 13.7. The third-order valence-corrected chi connectivity index (χ3v) is 4.61. The average Bonchev–Trinajstić information content (AvgIpc) is 2.72. The minimum Gasteiger partial charge on any atom is -0.389 e. The fraction of sp³-hybridized carbons (Fsp3) is 0.769. The van der Waals surface area contributed by atoms with Crippen LogP contribution in [0, 0.1) is 6.92 Å². The zero-order chi connectivity index (χ0) is 12.1. The Morgan fingerprint density at radius 1 is 1.41 bits per heavy atom. The van der Waals surface area contributed by atoms with Crippen LogP contribution in [0.5, 0.6) is 0 Å². The zero-order valence-electron chi connectivity index (χ0n) is 10.5. The van der Waals surface area contributed by atoms with Crippen molar-refractivity contribution < 1.29 is 5.11 Å². The van der Waals surface area contributed by atoms with Gasteiger partial charge in [0.15, 0.2) is 0 Å². The van der Waals surface area contributed by atoms with Crippen molar-refractivity contribution in [2.24, 2.45) is 0 Å². The van der Waals surface area contributed by atoms with E-state index in [0.717, 1.165) is 38.0 Å². The number of hydrogen-bond acceptors (Lipinski definition) is 4. The Labute approximate surface area is 107 Å². The van der Waals surface area contributed by atoms with Gasteiger partial charge in [-0.15, -0.1) is 11.3 Å². The van der Waals surface area contributed by atoms with Gasteiger partial charge in [0.05, 0.1) is 16.8 Å². The second kappa shape index (κ2) is 5.94. The molecule has 1 aromatic heterocycles. The first-order valence-electron chi connectivity index (χ1n) is 6.52. The Balaban J connectivity index is 1.67. The molecule has 0 atom stereocenters. The first kappa shape index (κ1) is 13.0. The van der Waals surface area contributed by atoms with Gasteiger partial charge in [-0.2, -0.15) is 0 Å². The van der Waals surface area contributed by atoms with E-state index in [2.05, 4.69) is 17.2 Å². The van der Waals surface area contributed by atoms with Crippen LogP contribution in [-0.2, 0) is 6.42 Å². The van der Waals surface area contributed by atoms with Crippen LogP contribution in [0.1, 0.15) is 42.7 Å². The van der Waals surface area contributed by atoms with E-state index in [-0.39, 0.29) is 0 Å². The number of thiazole rings is 1. The maximum absolute atomic E-state index is 10.3. The van der Waals surface area contributed by atoms with Gasteiger partial charge >= 0.3 is 0 Å². The predicted octanol–water partition coefficient (Wildman–Crippen LogP) is 2.28. The molecule has 1 aromatic rings. The Bertz CT molecular complexity index is 345. The summed E-state index contributed by atoms with van der Waals surface area (Å²) in [4.78, 5) is 5.59. The number of nitrogens with one attached hydrogen (secondary N) is 1. The van der Waals surface area contributed by atoms with Gasteiger partial charge in [-0.25, -0.2) is 4.98 Å². The van der Waals surface area contributed by atoms with E-state index in [0.29, 0.717) is 0 Å². The SMILES string of the molecule is Cc1ncsc1CCNCC1(O)CCCCC1. The van der Waals surface area contributed by atoms with Crippen LogP contribution in [0.2, 0.25) is 0 Å². The van der Waals surface area contributed by atoms with Crippen molar-refractivity contribution in [2.45, 2.75) is 51.0 Å². The number of aliphatic hydroxyl groups is 1. The van der Waals surface area contributed by atoms with Crippen LogP contribution in [0.4, 0.5) is 0 Å². The summed E-state index contributed by atoms with van der Waals surface area (Å²) in [5.41, 5.74) is 2.61. The summed E-state index contributed by atoms with van der Waals surface area (Å²) >= 11 is 1.72. The Hall–Kier alpha value is -0.450. The molecule has 1 heterocycles. The molecule has 0 amide bonds. The lowest BCUT2D eigenvalue weighted by molar-refractivity contribution is 0.00518. The van der Waals surface area contributed by atoms with Gasteiger partial charge in [0.25, 0.3) is 0 Å². The van der Waals surface area contributed by atoms with Crippen molar-refractivity contribution in [3.63, 3.8) is 0 Å². The number of aryl methyl sites for hydroxylation is 1. The molecule has 1 aliphatic rings. The largest absolute Gasteiger partial charge is 0.389 e. The fourth-order valence-corrected chi connectivity index (χ4v) is 3.26. The Kier molecular flexibility index (Phi) is 4.54. The molecule has 4 heteroatoms. The molecule has 3 nitrogen and oxygen atoms in total. The van der Waals surface area contributed by atoms with Crippen molar-refractivity contribution in [3.05, 3.63) is 16.1 Å². The molecule has 1 aliphatic carbocycles. The van der Waals surface area contributed by atoms with Crippen LogP contribution in [-0.4, -0.2) is 28.8 Å². The maximum atomic E-state index is 10.3. The van der Waals surface area contributed by atoms with Gasteiger partial charge in [-0.05, 0) is 26.2 Å². The van der Waals surface area contributed by atoms with Gasteiger partial charge in [-0.3, -0.25) is 0 Å². The quantitative estimate of drug-likeness (QED) is 0.792. The lowest BCUT2D eigenvalue weighted by Crippen LogP contribution is -2.42. The van der Waals surface area contributed by atoms with E-state index in [9.17, 15) is 5.11 Å². The van der Waals surface area contributed by atoms with Gasteiger partial charge in [0.2, 0.25) is 0 Å². The topological polar surface area (TPSA) is 45.2 Å². The van der Waals surface area contributed by atoms with Crippen LogP contribution in [0.15, 0.2) is 5.51 Å². The molecule has 0 bridgehead atoms. The third-order valence-electron chi connectivity index (χ3n) is 3.61. The maximum Gasteiger partial charge on any atom is 0.0797 e. The normalized spacial score (nSPS) is 19.4. The highest BCUT2D eigenvalue weighted by molar-refractivity contribution is 7.09. The summed E-state index contributed by atoms with van der Waals surface area (Å²) in [6, 6.07) is 0. The van der Waals surface area contributed by atoms with E-state index >= 15 is 0 Å². The molecule has 0 spiro atoms. The monoisotopic (exact) mass is 254 g/mol. The minimum absolute atomic E-state index is 0.443. The van der Waals surface area contributed by atoms with Crippen molar-refractivity contribution in [2.75, 3.05) is 13.1 Å². The van der Waals surface area contributed by atoms with E-state index in [1.165, 1.54) is 24.1 Å². The standard InChI is InChI=1S/C13H22N2OS/c1-11-12(17-10-15-11)5-8-14-9-13(16)6-3-2-4-7-13/h10,14,16H,2-9H2,1H3. The Morgan fingerprint density at radius 2 is 2.18 bits per heavy atom. The molecule has 2 rings (SSSR count). The Morgan fingerprint density at radius 3 is 2.82 bits per heavy atom. The van der Waals surface area contributed by atoms with Crippen LogP contribution in [0.25, 0.3) is 0 Å². The molecule has 0 unspecified atom stereocenters. The first-order chi connectivity index (χ1) is 8.20. The molecular formula is C13H22N2OS. The van der Waals surface area contributed by atoms with E-state index < -0.39 is 5.60 Å². The predicted molar refractivity (Wildman–Crippen MR) is 71.5 cm³/mol. The molecule has 0 saturated heterocycles. The molecule has 17 heavy (non-hydrogen) atoms. The summed E-state index contributed by atoms with van der Waals surface area (Å²) in [6.07, 6.45) is 6.56. The van der Waals surface area contributed by atoms with Crippen molar-refractivity contribution >= 4 is 11.3 Å². The third kappa shape index (κ3) is 3.76. The molecule has 2 N–H and O–H groups in total. The molecule has 96 valence electrons. The lowest BCUT2D eigenvalue weighted by atomic mass is 9.85. The summed E-state index contributed by atoms with van der Waals surface area (Å²) in [6.45, 7) is 3.73. The van der Waals surface area contributed by atoms with Crippen LogP contribution < -0.4 is 5.32 Å². The molecule has 1 fully saturated rings. The smallest absolute Gasteiger partial charge is 0.0797 e. The van der Waals surface area contributed by atoms with Crippen molar-refractivity contribution in [1.82, 2.24) is 10.3 Å². The zero-order valence-corrected chi connectivity index (χ0v) is 11.4. The van der Waals surface area contributed by atoms with Gasteiger partial charge in [-0.1, -0.05) is 19.3 Å². The molecule has 0 radical (unpaired) electrons. The number of aromatic nitrogens is 1. The van der Waals surface area contributed by atoms with Crippen molar-refractivity contribution in [3.8, 4) is 0 Å². The first-order valence-corrected chi connectivity index (χ1v) is 7.40. The second-order valence-electron chi connectivity index (χ2n) is 5.07. The van der Waals surface area contributed by atoms with E-state index in [1.807, 2.05) is 5.51 Å². The molecule has 0 aromatic carbocycles. The van der Waals surface area contributed by atoms with E-state index in [4.69, 9.17) is 0 Å². The van der Waals surface area contributed by atoms with Crippen LogP contribution in [0.3, 0.4) is 0 Å². The van der Waals surface area contributed by atoms with Crippen molar-refractivity contribution in [1.29, 1.82) is 0 Å². The highest BCUT2D eigenvalue weighted by atomic mass is 32.1. The molecule has 1 saturated carbocycles. The highest BCUT2D eigenvalue weighted by Gasteiger charge is 2.28. The number of nitrogens with zero attached hydrogens (tertiary/aromatic N) is 1. The lowest BCUT2D eigenvalue weighted by Gasteiger charge is -2.32. The van der Waals surface area contributed by atoms with E-state index in [1.54, 1.807) is 11.3 Å². The number of rotatable bonds is 5. The second-order valence-corrected chi connectivity index (χ2v) is 6.01.